The van der Waals surface area contributed by atoms with Gasteiger partial charge in [0.2, 0.25) is 0 Å². The Hall–Kier alpha value is -0.781. The molecule has 0 saturated carbocycles. The third-order valence-electron chi connectivity index (χ3n) is 1.70. The van der Waals surface area contributed by atoms with Gasteiger partial charge in [-0.3, -0.25) is 0 Å². The molecule has 1 heteroatoms. The van der Waals surface area contributed by atoms with E-state index in [4.69, 9.17) is 0 Å². The zero-order chi connectivity index (χ0) is 8.65. The van der Waals surface area contributed by atoms with Gasteiger partial charge in [0, 0.05) is 17.1 Å². The van der Waals surface area contributed by atoms with Crippen molar-refractivity contribution in [2.24, 2.45) is 0 Å². The molecule has 0 fully saturated rings. The van der Waals surface area contributed by atoms with Gasteiger partial charge in [0.1, 0.15) is 0 Å². The molecule has 0 aromatic heterocycles. The maximum absolute atomic E-state index is 2.16. The standard InChI is InChI=1S/C7H9.C5H5.Fe/c1-2-7-5-3-4-6-7;1-2-4-5-3-1;/h3-6H,2H2,1H3;1-5H;/q2*-1;. The predicted octanol–water partition coefficient (Wildman–Crippen LogP) is 3.37. The van der Waals surface area contributed by atoms with Crippen molar-refractivity contribution in [1.82, 2.24) is 0 Å². The fourth-order valence-electron chi connectivity index (χ4n) is 0.970. The summed E-state index contributed by atoms with van der Waals surface area (Å²) in [5.41, 5.74) is 1.43. The number of rotatable bonds is 1. The van der Waals surface area contributed by atoms with Gasteiger partial charge < -0.3 is 0 Å². The minimum atomic E-state index is 0. The molecule has 0 atom stereocenters. The van der Waals surface area contributed by atoms with E-state index in [-0.39, 0.29) is 17.1 Å². The quantitative estimate of drug-likeness (QED) is 0.504. The molecule has 0 aliphatic carbocycles. The van der Waals surface area contributed by atoms with E-state index in [1.54, 1.807) is 0 Å². The first kappa shape index (κ1) is 12.2. The minimum absolute atomic E-state index is 0. The van der Waals surface area contributed by atoms with E-state index in [0.29, 0.717) is 0 Å². The van der Waals surface area contributed by atoms with Crippen molar-refractivity contribution in [2.75, 3.05) is 0 Å². The molecule has 0 saturated heterocycles. The van der Waals surface area contributed by atoms with Crippen LogP contribution in [-0.4, -0.2) is 0 Å². The number of hydrogen-bond donors (Lipinski definition) is 0. The molecule has 0 radical (unpaired) electrons. The second kappa shape index (κ2) is 7.85. The number of aryl methyl sites for hydroxylation is 1. The number of hydrogen-bond acceptors (Lipinski definition) is 0. The average molecular weight is 214 g/mol. The molecule has 72 valence electrons. The molecule has 0 aliphatic heterocycles. The second-order valence-electron chi connectivity index (χ2n) is 2.61. The smallest absolute Gasteiger partial charge is 0 e. The van der Waals surface area contributed by atoms with E-state index in [9.17, 15) is 0 Å². The zero-order valence-electron chi connectivity index (χ0n) is 7.76. The van der Waals surface area contributed by atoms with Gasteiger partial charge in [-0.2, -0.15) is 42.0 Å². The largest absolute Gasteiger partial charge is 0.214 e. The van der Waals surface area contributed by atoms with Gasteiger partial charge in [-0.05, 0) is 0 Å². The van der Waals surface area contributed by atoms with E-state index in [1.807, 2.05) is 30.3 Å². The van der Waals surface area contributed by atoms with Crippen LogP contribution in [0, 0.1) is 0 Å². The van der Waals surface area contributed by atoms with Crippen molar-refractivity contribution in [1.29, 1.82) is 0 Å². The third kappa shape index (κ3) is 5.46. The third-order valence-corrected chi connectivity index (χ3v) is 1.70. The first-order valence-corrected chi connectivity index (χ1v) is 4.30. The summed E-state index contributed by atoms with van der Waals surface area (Å²) in [7, 11) is 0. The topological polar surface area (TPSA) is 0 Å². The van der Waals surface area contributed by atoms with Crippen LogP contribution in [0.25, 0.3) is 0 Å². The van der Waals surface area contributed by atoms with Crippen LogP contribution in [0.4, 0.5) is 0 Å². The summed E-state index contributed by atoms with van der Waals surface area (Å²) in [6, 6.07) is 18.4. The van der Waals surface area contributed by atoms with Crippen LogP contribution < -0.4 is 0 Å². The van der Waals surface area contributed by atoms with Gasteiger partial charge >= 0.3 is 0 Å². The Kier molecular flexibility index (Phi) is 7.38. The summed E-state index contributed by atoms with van der Waals surface area (Å²) >= 11 is 0. The van der Waals surface area contributed by atoms with Crippen molar-refractivity contribution in [3.8, 4) is 0 Å². The molecule has 0 heterocycles. The molecule has 0 N–H and O–H groups in total. The van der Waals surface area contributed by atoms with Crippen molar-refractivity contribution in [3.63, 3.8) is 0 Å². The van der Waals surface area contributed by atoms with Crippen LogP contribution in [0.15, 0.2) is 54.6 Å². The van der Waals surface area contributed by atoms with E-state index in [0.717, 1.165) is 6.42 Å². The van der Waals surface area contributed by atoms with E-state index < -0.39 is 0 Å². The van der Waals surface area contributed by atoms with Crippen molar-refractivity contribution in [3.05, 3.63) is 60.2 Å². The Labute approximate surface area is 90.8 Å². The fraction of sp³-hybridized carbons (Fsp3) is 0.167. The minimum Gasteiger partial charge on any atom is -0.214 e. The molecule has 0 bridgehead atoms. The van der Waals surface area contributed by atoms with E-state index >= 15 is 0 Å². The van der Waals surface area contributed by atoms with Crippen molar-refractivity contribution in [2.45, 2.75) is 13.3 Å². The first-order chi connectivity index (χ1) is 5.93. The summed E-state index contributed by atoms with van der Waals surface area (Å²) in [5, 5.41) is 0. The molecule has 0 nitrogen and oxygen atoms in total. The maximum Gasteiger partial charge on any atom is 0 e. The Morgan fingerprint density at radius 1 is 1.08 bits per heavy atom. The Morgan fingerprint density at radius 3 is 2.00 bits per heavy atom. The van der Waals surface area contributed by atoms with Crippen molar-refractivity contribution >= 4 is 0 Å². The summed E-state index contributed by atoms with van der Waals surface area (Å²) in [6.45, 7) is 2.16. The van der Waals surface area contributed by atoms with Gasteiger partial charge in [0.25, 0.3) is 0 Å². The monoisotopic (exact) mass is 214 g/mol. The molecular formula is C12H14Fe-2. The molecular weight excluding hydrogens is 200 g/mol. The Bertz CT molecular complexity index is 236. The SMILES string of the molecule is CCc1cc[cH-]c1.[Fe].c1cc[cH-]c1. The Balaban J connectivity index is 0.000000215. The van der Waals surface area contributed by atoms with Crippen LogP contribution in [-0.2, 0) is 23.5 Å². The molecule has 0 amide bonds. The van der Waals surface area contributed by atoms with Crippen LogP contribution in [0.2, 0.25) is 0 Å². The van der Waals surface area contributed by atoms with Crippen LogP contribution in [0.3, 0.4) is 0 Å². The molecule has 0 spiro atoms. The molecule has 2 rings (SSSR count). The van der Waals surface area contributed by atoms with Crippen LogP contribution in [0.1, 0.15) is 12.5 Å². The molecule has 13 heavy (non-hydrogen) atoms. The average Bonchev–Trinajstić information content (AvgIpc) is 2.81. The van der Waals surface area contributed by atoms with Crippen molar-refractivity contribution < 1.29 is 17.1 Å². The normalized spacial score (nSPS) is 8.08. The first-order valence-electron chi connectivity index (χ1n) is 4.30. The summed E-state index contributed by atoms with van der Waals surface area (Å²) in [5.74, 6) is 0. The maximum atomic E-state index is 2.16. The summed E-state index contributed by atoms with van der Waals surface area (Å²) in [6.07, 6.45) is 1.16. The molecule has 0 aliphatic rings. The fourth-order valence-corrected chi connectivity index (χ4v) is 0.970. The van der Waals surface area contributed by atoms with Gasteiger partial charge in [-0.15, -0.1) is 0 Å². The molecule has 2 aromatic rings. The van der Waals surface area contributed by atoms with Gasteiger partial charge in [0.15, 0.2) is 0 Å². The zero-order valence-corrected chi connectivity index (χ0v) is 8.86. The van der Waals surface area contributed by atoms with E-state index in [1.165, 1.54) is 5.56 Å². The molecule has 0 unspecified atom stereocenters. The summed E-state index contributed by atoms with van der Waals surface area (Å²) < 4.78 is 0. The summed E-state index contributed by atoms with van der Waals surface area (Å²) in [4.78, 5) is 0. The van der Waals surface area contributed by atoms with Gasteiger partial charge in [-0.1, -0.05) is 13.3 Å². The second-order valence-corrected chi connectivity index (χ2v) is 2.61. The van der Waals surface area contributed by atoms with Crippen LogP contribution in [0.5, 0.6) is 0 Å². The molecule has 2 aromatic carbocycles. The van der Waals surface area contributed by atoms with Gasteiger partial charge in [0.05, 0.1) is 0 Å². The van der Waals surface area contributed by atoms with E-state index in [2.05, 4.69) is 31.2 Å². The predicted molar refractivity (Wildman–Crippen MR) is 53.4 cm³/mol. The Morgan fingerprint density at radius 2 is 1.77 bits per heavy atom. The van der Waals surface area contributed by atoms with Gasteiger partial charge in [-0.25, -0.2) is 18.2 Å². The van der Waals surface area contributed by atoms with Crippen LogP contribution >= 0.6 is 0 Å².